The number of furan rings is 1. The number of aryl methyl sites for hydroxylation is 1. The monoisotopic (exact) mass is 387 g/mol. The SMILES string of the molecule is Cc1ccc(NC(=O)c2nc3nc(-c4ccco4)cc(C(F)(F)F)n3n2)cc1. The van der Waals surface area contributed by atoms with E-state index >= 15 is 0 Å². The summed E-state index contributed by atoms with van der Waals surface area (Å²) in [4.78, 5) is 20.3. The number of rotatable bonds is 3. The van der Waals surface area contributed by atoms with Crippen LogP contribution in [0.15, 0.2) is 53.1 Å². The van der Waals surface area contributed by atoms with Gasteiger partial charge in [-0.05, 0) is 37.3 Å². The number of carbonyl (C=O) groups excluding carboxylic acids is 1. The summed E-state index contributed by atoms with van der Waals surface area (Å²) < 4.78 is 46.1. The van der Waals surface area contributed by atoms with Gasteiger partial charge in [0.15, 0.2) is 11.5 Å². The number of carbonyl (C=O) groups is 1. The highest BCUT2D eigenvalue weighted by Crippen LogP contribution is 2.32. The molecule has 4 rings (SSSR count). The number of nitrogens with one attached hydrogen (secondary N) is 1. The van der Waals surface area contributed by atoms with Crippen LogP contribution in [-0.4, -0.2) is 25.5 Å². The number of hydrogen-bond donors (Lipinski definition) is 1. The molecule has 0 saturated carbocycles. The Kier molecular flexibility index (Phi) is 4.10. The van der Waals surface area contributed by atoms with Crippen molar-refractivity contribution < 1.29 is 22.4 Å². The molecule has 0 aliphatic carbocycles. The second kappa shape index (κ2) is 6.48. The fourth-order valence-electron chi connectivity index (χ4n) is 2.54. The summed E-state index contributed by atoms with van der Waals surface area (Å²) in [7, 11) is 0. The number of aromatic nitrogens is 4. The molecule has 0 aliphatic rings. The number of nitrogens with zero attached hydrogens (tertiary/aromatic N) is 4. The van der Waals surface area contributed by atoms with E-state index in [1.165, 1.54) is 18.4 Å². The molecule has 0 fully saturated rings. The zero-order valence-corrected chi connectivity index (χ0v) is 14.4. The van der Waals surface area contributed by atoms with E-state index < -0.39 is 23.6 Å². The van der Waals surface area contributed by atoms with Gasteiger partial charge in [-0.2, -0.15) is 22.7 Å². The third-order valence-corrected chi connectivity index (χ3v) is 3.89. The first-order chi connectivity index (χ1) is 13.3. The summed E-state index contributed by atoms with van der Waals surface area (Å²) in [6.45, 7) is 1.89. The lowest BCUT2D eigenvalue weighted by atomic mass is 10.2. The molecule has 28 heavy (non-hydrogen) atoms. The minimum absolute atomic E-state index is 0.0669. The first-order valence-electron chi connectivity index (χ1n) is 8.08. The number of halogens is 3. The van der Waals surface area contributed by atoms with Crippen molar-refractivity contribution in [3.63, 3.8) is 0 Å². The average molecular weight is 387 g/mol. The summed E-state index contributed by atoms with van der Waals surface area (Å²) in [5, 5.41) is 6.24. The van der Waals surface area contributed by atoms with Crippen molar-refractivity contribution in [3.8, 4) is 11.5 Å². The highest BCUT2D eigenvalue weighted by molar-refractivity contribution is 6.01. The number of amides is 1. The fourth-order valence-corrected chi connectivity index (χ4v) is 2.54. The van der Waals surface area contributed by atoms with Gasteiger partial charge in [0.1, 0.15) is 5.69 Å². The molecule has 1 amide bonds. The smallest absolute Gasteiger partial charge is 0.433 e. The highest BCUT2D eigenvalue weighted by atomic mass is 19.4. The maximum absolute atomic E-state index is 13.5. The van der Waals surface area contributed by atoms with Crippen LogP contribution < -0.4 is 5.32 Å². The molecule has 3 heterocycles. The number of alkyl halides is 3. The number of anilines is 1. The van der Waals surface area contributed by atoms with E-state index in [1.807, 2.05) is 6.92 Å². The molecule has 0 radical (unpaired) electrons. The van der Waals surface area contributed by atoms with E-state index in [1.54, 1.807) is 24.3 Å². The van der Waals surface area contributed by atoms with Crippen LogP contribution in [0.3, 0.4) is 0 Å². The molecule has 0 bridgehead atoms. The van der Waals surface area contributed by atoms with Gasteiger partial charge in [0.05, 0.1) is 6.26 Å². The van der Waals surface area contributed by atoms with Gasteiger partial charge in [0.25, 0.3) is 11.7 Å². The van der Waals surface area contributed by atoms with Gasteiger partial charge in [0, 0.05) is 5.69 Å². The van der Waals surface area contributed by atoms with Crippen molar-refractivity contribution in [3.05, 3.63) is 65.8 Å². The van der Waals surface area contributed by atoms with Gasteiger partial charge in [-0.1, -0.05) is 17.7 Å². The molecule has 142 valence electrons. The summed E-state index contributed by atoms with van der Waals surface area (Å²) in [6.07, 6.45) is -3.42. The van der Waals surface area contributed by atoms with Crippen LogP contribution in [0.25, 0.3) is 17.2 Å². The van der Waals surface area contributed by atoms with Crippen LogP contribution in [-0.2, 0) is 6.18 Å². The van der Waals surface area contributed by atoms with Crippen LogP contribution in [0.2, 0.25) is 0 Å². The zero-order chi connectivity index (χ0) is 19.9. The molecule has 7 nitrogen and oxygen atoms in total. The predicted molar refractivity (Wildman–Crippen MR) is 92.6 cm³/mol. The average Bonchev–Trinajstić information content (AvgIpc) is 3.31. The maximum Gasteiger partial charge on any atom is 0.433 e. The first kappa shape index (κ1) is 17.7. The van der Waals surface area contributed by atoms with Crippen molar-refractivity contribution in [1.29, 1.82) is 0 Å². The molecule has 1 aromatic carbocycles. The van der Waals surface area contributed by atoms with E-state index in [4.69, 9.17) is 4.42 Å². The minimum atomic E-state index is -4.74. The topological polar surface area (TPSA) is 85.3 Å². The fraction of sp³-hybridized carbons (Fsp3) is 0.111. The third-order valence-electron chi connectivity index (χ3n) is 3.89. The lowest BCUT2D eigenvalue weighted by Gasteiger charge is -2.09. The van der Waals surface area contributed by atoms with Gasteiger partial charge in [-0.3, -0.25) is 4.79 Å². The largest absolute Gasteiger partial charge is 0.463 e. The number of fused-ring (bicyclic) bond motifs is 1. The third kappa shape index (κ3) is 3.31. The van der Waals surface area contributed by atoms with Gasteiger partial charge >= 0.3 is 6.18 Å². The van der Waals surface area contributed by atoms with Gasteiger partial charge in [-0.25, -0.2) is 4.98 Å². The number of hydrogen-bond acceptors (Lipinski definition) is 5. The van der Waals surface area contributed by atoms with Crippen LogP contribution >= 0.6 is 0 Å². The van der Waals surface area contributed by atoms with Crippen molar-refractivity contribution in [2.24, 2.45) is 0 Å². The Morgan fingerprint density at radius 2 is 1.89 bits per heavy atom. The first-order valence-corrected chi connectivity index (χ1v) is 8.08. The lowest BCUT2D eigenvalue weighted by molar-refractivity contribution is -0.142. The summed E-state index contributed by atoms with van der Waals surface area (Å²) in [5.41, 5.74) is 0.275. The van der Waals surface area contributed by atoms with E-state index in [0.717, 1.165) is 11.6 Å². The maximum atomic E-state index is 13.5. The van der Waals surface area contributed by atoms with Crippen molar-refractivity contribution in [1.82, 2.24) is 19.6 Å². The van der Waals surface area contributed by atoms with E-state index in [0.29, 0.717) is 10.2 Å². The molecule has 0 atom stereocenters. The normalized spacial score (nSPS) is 11.7. The molecule has 4 aromatic rings. The van der Waals surface area contributed by atoms with E-state index in [-0.39, 0.29) is 17.2 Å². The van der Waals surface area contributed by atoms with Crippen molar-refractivity contribution in [2.45, 2.75) is 13.1 Å². The second-order valence-corrected chi connectivity index (χ2v) is 5.97. The van der Waals surface area contributed by atoms with E-state index in [2.05, 4.69) is 20.4 Å². The van der Waals surface area contributed by atoms with Crippen LogP contribution in [0.4, 0.5) is 18.9 Å². The molecule has 0 aliphatic heterocycles. The Labute approximate surface area is 155 Å². The predicted octanol–water partition coefficient (Wildman–Crippen LogP) is 3.96. The standard InChI is InChI=1S/C18H12F3N5O2/c1-10-4-6-11(7-5-10)22-16(27)15-24-17-23-12(13-3-2-8-28-13)9-14(18(19,20)21)26(17)25-15/h2-9H,1H3,(H,22,27). The lowest BCUT2D eigenvalue weighted by Crippen LogP contribution is -2.16. The Morgan fingerprint density at radius 1 is 1.14 bits per heavy atom. The van der Waals surface area contributed by atoms with E-state index in [9.17, 15) is 18.0 Å². The molecule has 0 unspecified atom stereocenters. The summed E-state index contributed by atoms with van der Waals surface area (Å²) in [6, 6.07) is 10.7. The summed E-state index contributed by atoms with van der Waals surface area (Å²) in [5.74, 6) is -1.41. The van der Waals surface area contributed by atoms with Crippen molar-refractivity contribution in [2.75, 3.05) is 5.32 Å². The number of benzene rings is 1. The summed E-state index contributed by atoms with van der Waals surface area (Å²) >= 11 is 0. The molecule has 0 spiro atoms. The van der Waals surface area contributed by atoms with Gasteiger partial charge in [-0.15, -0.1) is 5.10 Å². The van der Waals surface area contributed by atoms with Crippen LogP contribution in [0.1, 0.15) is 21.9 Å². The van der Waals surface area contributed by atoms with Gasteiger partial charge < -0.3 is 9.73 Å². The molecule has 10 heteroatoms. The van der Waals surface area contributed by atoms with Crippen molar-refractivity contribution >= 4 is 17.4 Å². The van der Waals surface area contributed by atoms with Crippen LogP contribution in [0.5, 0.6) is 0 Å². The van der Waals surface area contributed by atoms with Crippen LogP contribution in [0, 0.1) is 6.92 Å². The molecule has 1 N–H and O–H groups in total. The highest BCUT2D eigenvalue weighted by Gasteiger charge is 2.36. The quantitative estimate of drug-likeness (QED) is 0.575. The molecular weight excluding hydrogens is 375 g/mol. The molecular formula is C18H12F3N5O2. The second-order valence-electron chi connectivity index (χ2n) is 5.97. The Morgan fingerprint density at radius 3 is 2.54 bits per heavy atom. The zero-order valence-electron chi connectivity index (χ0n) is 14.4. The van der Waals surface area contributed by atoms with Gasteiger partial charge in [0.2, 0.25) is 5.82 Å². The Hall–Kier alpha value is -3.69. The molecule has 3 aromatic heterocycles. The minimum Gasteiger partial charge on any atom is -0.463 e. The Bertz CT molecular complexity index is 1150. The Balaban J connectivity index is 1.77. The molecule has 0 saturated heterocycles.